The molecule has 0 spiro atoms. The monoisotopic (exact) mass is 287 g/mol. The number of rotatable bonds is 3. The Morgan fingerprint density at radius 3 is 2.87 bits per heavy atom. The zero-order valence-electron chi connectivity index (χ0n) is 8.31. The summed E-state index contributed by atoms with van der Waals surface area (Å²) >= 11 is 8.93. The molecule has 1 rings (SSSR count). The van der Waals surface area contributed by atoms with Gasteiger partial charge in [0.05, 0.1) is 6.54 Å². The number of hydrogen-bond donors (Lipinski definition) is 1. The average molecular weight is 289 g/mol. The van der Waals surface area contributed by atoms with Crippen molar-refractivity contribution in [2.45, 2.75) is 6.92 Å². The first-order chi connectivity index (χ1) is 7.02. The second-order valence-electron chi connectivity index (χ2n) is 3.11. The molecular formula is C11H11BrClNO. The molecule has 1 aromatic rings. The van der Waals surface area contributed by atoms with Gasteiger partial charge in [0, 0.05) is 15.1 Å². The van der Waals surface area contributed by atoms with Gasteiger partial charge < -0.3 is 5.32 Å². The number of halogens is 2. The molecule has 0 radical (unpaired) electrons. The summed E-state index contributed by atoms with van der Waals surface area (Å²) in [6, 6.07) is 5.49. The van der Waals surface area contributed by atoms with Crippen molar-refractivity contribution in [3.05, 3.63) is 45.4 Å². The Labute approximate surface area is 102 Å². The summed E-state index contributed by atoms with van der Waals surface area (Å²) in [5.41, 5.74) is 1.55. The predicted molar refractivity (Wildman–Crippen MR) is 66.2 cm³/mol. The summed E-state index contributed by atoms with van der Waals surface area (Å²) < 4.78 is 0.917. The Bertz CT molecular complexity index is 404. The Hall–Kier alpha value is -0.800. The molecule has 0 unspecified atom stereocenters. The molecule has 0 heterocycles. The molecule has 0 aromatic heterocycles. The zero-order valence-corrected chi connectivity index (χ0v) is 10.7. The lowest BCUT2D eigenvalue weighted by molar-refractivity contribution is 0.0957. The summed E-state index contributed by atoms with van der Waals surface area (Å²) in [4.78, 5) is 11.7. The van der Waals surface area contributed by atoms with E-state index in [4.69, 9.17) is 11.6 Å². The molecular weight excluding hydrogens is 277 g/mol. The highest BCUT2D eigenvalue weighted by atomic mass is 79.9. The molecule has 1 N–H and O–H groups in total. The highest BCUT2D eigenvalue weighted by Crippen LogP contribution is 2.19. The van der Waals surface area contributed by atoms with Crippen molar-refractivity contribution in [1.82, 2.24) is 5.32 Å². The Balaban J connectivity index is 2.82. The second kappa shape index (κ2) is 5.33. The normalized spacial score (nSPS) is 9.80. The molecule has 15 heavy (non-hydrogen) atoms. The highest BCUT2D eigenvalue weighted by molar-refractivity contribution is 9.10. The topological polar surface area (TPSA) is 29.1 Å². The van der Waals surface area contributed by atoms with Crippen LogP contribution in [0, 0.1) is 6.92 Å². The molecule has 0 atom stereocenters. The van der Waals surface area contributed by atoms with Crippen LogP contribution < -0.4 is 5.32 Å². The van der Waals surface area contributed by atoms with Crippen molar-refractivity contribution in [3.8, 4) is 0 Å². The number of carbonyl (C=O) groups is 1. The SMILES string of the molecule is C=C(Cl)CNC(=O)c1cccc(Br)c1C. The molecule has 0 fully saturated rings. The number of nitrogens with one attached hydrogen (secondary N) is 1. The first kappa shape index (κ1) is 12.3. The van der Waals surface area contributed by atoms with Crippen LogP contribution in [0.4, 0.5) is 0 Å². The predicted octanol–water partition coefficient (Wildman–Crippen LogP) is 3.24. The second-order valence-corrected chi connectivity index (χ2v) is 4.50. The number of hydrogen-bond acceptors (Lipinski definition) is 1. The van der Waals surface area contributed by atoms with E-state index in [-0.39, 0.29) is 12.5 Å². The number of amides is 1. The third-order valence-corrected chi connectivity index (χ3v) is 2.95. The highest BCUT2D eigenvalue weighted by Gasteiger charge is 2.09. The first-order valence-electron chi connectivity index (χ1n) is 4.39. The number of carbonyl (C=O) groups excluding carboxylic acids is 1. The van der Waals surface area contributed by atoms with Crippen molar-refractivity contribution in [2.75, 3.05) is 6.54 Å². The molecule has 0 bridgehead atoms. The smallest absolute Gasteiger partial charge is 0.251 e. The van der Waals surface area contributed by atoms with Gasteiger partial charge in [-0.1, -0.05) is 40.2 Å². The van der Waals surface area contributed by atoms with Gasteiger partial charge in [-0.25, -0.2) is 0 Å². The molecule has 1 amide bonds. The summed E-state index contributed by atoms with van der Waals surface area (Å²) in [5, 5.41) is 3.09. The first-order valence-corrected chi connectivity index (χ1v) is 5.56. The minimum absolute atomic E-state index is 0.143. The van der Waals surface area contributed by atoms with Crippen molar-refractivity contribution < 1.29 is 4.79 Å². The van der Waals surface area contributed by atoms with Crippen LogP contribution in [0.5, 0.6) is 0 Å². The lowest BCUT2D eigenvalue weighted by Crippen LogP contribution is -2.25. The van der Waals surface area contributed by atoms with E-state index >= 15 is 0 Å². The minimum atomic E-state index is -0.143. The third-order valence-electron chi connectivity index (χ3n) is 1.95. The minimum Gasteiger partial charge on any atom is -0.347 e. The van der Waals surface area contributed by atoms with Crippen LogP contribution >= 0.6 is 27.5 Å². The van der Waals surface area contributed by atoms with E-state index in [1.54, 1.807) is 6.07 Å². The van der Waals surface area contributed by atoms with E-state index in [1.165, 1.54) is 0 Å². The fourth-order valence-corrected chi connectivity index (χ4v) is 1.56. The van der Waals surface area contributed by atoms with E-state index in [9.17, 15) is 4.79 Å². The summed E-state index contributed by atoms with van der Waals surface area (Å²) in [6.07, 6.45) is 0. The van der Waals surface area contributed by atoms with Crippen LogP contribution in [0.3, 0.4) is 0 Å². The molecule has 0 saturated heterocycles. The van der Waals surface area contributed by atoms with E-state index in [0.29, 0.717) is 10.6 Å². The molecule has 0 aliphatic rings. The fourth-order valence-electron chi connectivity index (χ4n) is 1.12. The largest absolute Gasteiger partial charge is 0.347 e. The molecule has 1 aromatic carbocycles. The lowest BCUT2D eigenvalue weighted by atomic mass is 10.1. The maximum absolute atomic E-state index is 11.7. The van der Waals surface area contributed by atoms with Crippen LogP contribution in [0.1, 0.15) is 15.9 Å². The van der Waals surface area contributed by atoms with Gasteiger partial charge in [-0.2, -0.15) is 0 Å². The average Bonchev–Trinajstić information content (AvgIpc) is 2.18. The van der Waals surface area contributed by atoms with E-state index in [2.05, 4.69) is 27.8 Å². The van der Waals surface area contributed by atoms with Gasteiger partial charge in [0.2, 0.25) is 0 Å². The maximum atomic E-state index is 11.7. The van der Waals surface area contributed by atoms with Crippen molar-refractivity contribution in [2.24, 2.45) is 0 Å². The van der Waals surface area contributed by atoms with E-state index in [1.807, 2.05) is 19.1 Å². The van der Waals surface area contributed by atoms with Crippen LogP contribution in [0.2, 0.25) is 0 Å². The molecule has 0 aliphatic heterocycles. The summed E-state index contributed by atoms with van der Waals surface area (Å²) in [6.45, 7) is 5.67. The van der Waals surface area contributed by atoms with Gasteiger partial charge in [-0.3, -0.25) is 4.79 Å². The van der Waals surface area contributed by atoms with Gasteiger partial charge in [-0.05, 0) is 24.6 Å². The molecule has 0 saturated carbocycles. The van der Waals surface area contributed by atoms with E-state index < -0.39 is 0 Å². The van der Waals surface area contributed by atoms with Gasteiger partial charge in [0.25, 0.3) is 5.91 Å². The van der Waals surface area contributed by atoms with Crippen LogP contribution in [0.25, 0.3) is 0 Å². The fraction of sp³-hybridized carbons (Fsp3) is 0.182. The van der Waals surface area contributed by atoms with Gasteiger partial charge in [-0.15, -0.1) is 0 Å². The van der Waals surface area contributed by atoms with Crippen molar-refractivity contribution >= 4 is 33.4 Å². The Morgan fingerprint density at radius 2 is 2.27 bits per heavy atom. The quantitative estimate of drug-likeness (QED) is 0.909. The molecule has 2 nitrogen and oxygen atoms in total. The van der Waals surface area contributed by atoms with Gasteiger partial charge in [0.15, 0.2) is 0 Å². The molecule has 4 heteroatoms. The number of benzene rings is 1. The third kappa shape index (κ3) is 3.36. The van der Waals surface area contributed by atoms with Crippen molar-refractivity contribution in [1.29, 1.82) is 0 Å². The Kier molecular flexibility index (Phi) is 4.36. The molecule has 80 valence electrons. The van der Waals surface area contributed by atoms with Crippen LogP contribution in [-0.2, 0) is 0 Å². The summed E-state index contributed by atoms with van der Waals surface area (Å²) in [7, 11) is 0. The van der Waals surface area contributed by atoms with Crippen molar-refractivity contribution in [3.63, 3.8) is 0 Å². The van der Waals surface area contributed by atoms with Crippen LogP contribution in [-0.4, -0.2) is 12.5 Å². The van der Waals surface area contributed by atoms with Crippen LogP contribution in [0.15, 0.2) is 34.3 Å². The van der Waals surface area contributed by atoms with E-state index in [0.717, 1.165) is 10.0 Å². The lowest BCUT2D eigenvalue weighted by Gasteiger charge is -2.07. The van der Waals surface area contributed by atoms with Gasteiger partial charge in [0.1, 0.15) is 0 Å². The zero-order chi connectivity index (χ0) is 11.4. The Morgan fingerprint density at radius 1 is 1.60 bits per heavy atom. The van der Waals surface area contributed by atoms with Gasteiger partial charge >= 0.3 is 0 Å². The standard InChI is InChI=1S/C11H11BrClNO/c1-7(13)6-14-11(15)9-4-3-5-10(12)8(9)2/h3-5H,1,6H2,2H3,(H,14,15). The molecule has 0 aliphatic carbocycles. The summed E-state index contributed by atoms with van der Waals surface area (Å²) in [5.74, 6) is -0.143. The maximum Gasteiger partial charge on any atom is 0.251 e.